The number of aryl methyl sites for hydroxylation is 1. The SMILES string of the molecule is CCc1ccccc1C(=O)NCCc1ccc(O)cc1. The highest BCUT2D eigenvalue weighted by molar-refractivity contribution is 5.95. The molecule has 0 heterocycles. The lowest BCUT2D eigenvalue weighted by Crippen LogP contribution is -2.26. The van der Waals surface area contributed by atoms with Crippen LogP contribution in [-0.2, 0) is 12.8 Å². The Bertz CT molecular complexity index is 576. The zero-order valence-electron chi connectivity index (χ0n) is 11.6. The first-order chi connectivity index (χ1) is 9.70. The molecule has 0 radical (unpaired) electrons. The van der Waals surface area contributed by atoms with Crippen LogP contribution in [0.15, 0.2) is 48.5 Å². The lowest BCUT2D eigenvalue weighted by atomic mass is 10.0. The van der Waals surface area contributed by atoms with E-state index in [2.05, 4.69) is 5.32 Å². The molecule has 0 spiro atoms. The molecule has 0 aliphatic heterocycles. The van der Waals surface area contributed by atoms with Crippen molar-refractivity contribution >= 4 is 5.91 Å². The summed E-state index contributed by atoms with van der Waals surface area (Å²) in [7, 11) is 0. The smallest absolute Gasteiger partial charge is 0.251 e. The molecule has 0 atom stereocenters. The molecule has 0 saturated heterocycles. The largest absolute Gasteiger partial charge is 0.508 e. The number of amides is 1. The van der Waals surface area contributed by atoms with Crippen molar-refractivity contribution in [3.63, 3.8) is 0 Å². The first-order valence-corrected chi connectivity index (χ1v) is 6.84. The Morgan fingerprint density at radius 1 is 1.10 bits per heavy atom. The van der Waals surface area contributed by atoms with E-state index in [-0.39, 0.29) is 11.7 Å². The number of phenols is 1. The Morgan fingerprint density at radius 2 is 1.80 bits per heavy atom. The van der Waals surface area contributed by atoms with Crippen LogP contribution in [0.25, 0.3) is 0 Å². The minimum absolute atomic E-state index is 0.0266. The van der Waals surface area contributed by atoms with E-state index in [1.54, 1.807) is 12.1 Å². The monoisotopic (exact) mass is 269 g/mol. The highest BCUT2D eigenvalue weighted by Gasteiger charge is 2.08. The summed E-state index contributed by atoms with van der Waals surface area (Å²) in [6.45, 7) is 2.63. The summed E-state index contributed by atoms with van der Waals surface area (Å²) in [5, 5.41) is 12.1. The average Bonchev–Trinajstić information content (AvgIpc) is 2.49. The van der Waals surface area contributed by atoms with Gasteiger partial charge in [-0.25, -0.2) is 0 Å². The normalized spacial score (nSPS) is 10.2. The molecule has 0 fully saturated rings. The van der Waals surface area contributed by atoms with Gasteiger partial charge in [0.15, 0.2) is 0 Å². The summed E-state index contributed by atoms with van der Waals surface area (Å²) >= 11 is 0. The van der Waals surface area contributed by atoms with Crippen LogP contribution in [0.5, 0.6) is 5.75 Å². The van der Waals surface area contributed by atoms with Gasteiger partial charge in [0.25, 0.3) is 5.91 Å². The number of hydrogen-bond donors (Lipinski definition) is 2. The van der Waals surface area contributed by atoms with Gasteiger partial charge in [0.05, 0.1) is 0 Å². The van der Waals surface area contributed by atoms with E-state index < -0.39 is 0 Å². The second kappa shape index (κ2) is 6.75. The van der Waals surface area contributed by atoms with Crippen molar-refractivity contribution in [2.45, 2.75) is 19.8 Å². The van der Waals surface area contributed by atoms with Gasteiger partial charge in [0, 0.05) is 12.1 Å². The van der Waals surface area contributed by atoms with E-state index >= 15 is 0 Å². The van der Waals surface area contributed by atoms with Crippen LogP contribution >= 0.6 is 0 Å². The number of carbonyl (C=O) groups is 1. The van der Waals surface area contributed by atoms with E-state index in [0.29, 0.717) is 6.54 Å². The third-order valence-corrected chi connectivity index (χ3v) is 3.28. The van der Waals surface area contributed by atoms with Crippen LogP contribution in [0, 0.1) is 0 Å². The molecule has 20 heavy (non-hydrogen) atoms. The number of rotatable bonds is 5. The summed E-state index contributed by atoms with van der Waals surface area (Å²) in [4.78, 5) is 12.1. The van der Waals surface area contributed by atoms with Gasteiger partial charge in [-0.05, 0) is 42.2 Å². The fourth-order valence-corrected chi connectivity index (χ4v) is 2.13. The van der Waals surface area contributed by atoms with Gasteiger partial charge in [0.2, 0.25) is 0 Å². The predicted octanol–water partition coefficient (Wildman–Crippen LogP) is 2.93. The first kappa shape index (κ1) is 14.1. The Hall–Kier alpha value is -2.29. The van der Waals surface area contributed by atoms with Crippen molar-refractivity contribution in [3.8, 4) is 5.75 Å². The van der Waals surface area contributed by atoms with Gasteiger partial charge in [-0.3, -0.25) is 4.79 Å². The first-order valence-electron chi connectivity index (χ1n) is 6.84. The minimum Gasteiger partial charge on any atom is -0.508 e. The van der Waals surface area contributed by atoms with Gasteiger partial charge < -0.3 is 10.4 Å². The Balaban J connectivity index is 1.90. The molecule has 2 rings (SSSR count). The van der Waals surface area contributed by atoms with Gasteiger partial charge in [0.1, 0.15) is 5.75 Å². The summed E-state index contributed by atoms with van der Waals surface area (Å²) in [6, 6.07) is 14.7. The van der Waals surface area contributed by atoms with E-state index in [9.17, 15) is 9.90 Å². The molecule has 2 aromatic carbocycles. The molecule has 0 aliphatic rings. The summed E-state index contributed by atoms with van der Waals surface area (Å²) in [6.07, 6.45) is 1.60. The van der Waals surface area contributed by atoms with Crippen molar-refractivity contribution in [2.75, 3.05) is 6.54 Å². The highest BCUT2D eigenvalue weighted by Crippen LogP contribution is 2.11. The van der Waals surface area contributed by atoms with Crippen molar-refractivity contribution in [1.82, 2.24) is 5.32 Å². The Kier molecular flexibility index (Phi) is 4.77. The van der Waals surface area contributed by atoms with E-state index in [4.69, 9.17) is 0 Å². The summed E-state index contributed by atoms with van der Waals surface area (Å²) < 4.78 is 0. The van der Waals surface area contributed by atoms with Crippen molar-refractivity contribution < 1.29 is 9.90 Å². The van der Waals surface area contributed by atoms with E-state index in [0.717, 1.165) is 29.5 Å². The zero-order valence-corrected chi connectivity index (χ0v) is 11.6. The summed E-state index contributed by atoms with van der Waals surface area (Å²) in [5.41, 5.74) is 2.90. The quantitative estimate of drug-likeness (QED) is 0.876. The number of hydrogen-bond acceptors (Lipinski definition) is 2. The Morgan fingerprint density at radius 3 is 2.50 bits per heavy atom. The molecule has 3 heteroatoms. The number of aromatic hydroxyl groups is 1. The standard InChI is InChI=1S/C17H19NO2/c1-2-14-5-3-4-6-16(14)17(20)18-12-11-13-7-9-15(19)10-8-13/h3-10,19H,2,11-12H2,1H3,(H,18,20). The number of nitrogens with one attached hydrogen (secondary N) is 1. The second-order valence-electron chi connectivity index (χ2n) is 4.68. The number of benzene rings is 2. The van der Waals surface area contributed by atoms with Crippen LogP contribution < -0.4 is 5.32 Å². The van der Waals surface area contributed by atoms with Gasteiger partial charge in [-0.2, -0.15) is 0 Å². The van der Waals surface area contributed by atoms with Crippen LogP contribution in [0.3, 0.4) is 0 Å². The van der Waals surface area contributed by atoms with E-state index in [1.807, 2.05) is 43.3 Å². The predicted molar refractivity (Wildman–Crippen MR) is 80.0 cm³/mol. The molecule has 2 aromatic rings. The topological polar surface area (TPSA) is 49.3 Å². The maximum atomic E-state index is 12.1. The van der Waals surface area contributed by atoms with Crippen molar-refractivity contribution in [1.29, 1.82) is 0 Å². The molecular formula is C17H19NO2. The molecule has 0 aromatic heterocycles. The molecule has 0 bridgehead atoms. The zero-order chi connectivity index (χ0) is 14.4. The summed E-state index contributed by atoms with van der Waals surface area (Å²) in [5.74, 6) is 0.232. The lowest BCUT2D eigenvalue weighted by molar-refractivity contribution is 0.0953. The van der Waals surface area contributed by atoms with Crippen molar-refractivity contribution in [3.05, 3.63) is 65.2 Å². The third-order valence-electron chi connectivity index (χ3n) is 3.28. The lowest BCUT2D eigenvalue weighted by Gasteiger charge is -2.09. The van der Waals surface area contributed by atoms with Crippen LogP contribution in [0.2, 0.25) is 0 Å². The average molecular weight is 269 g/mol. The molecule has 1 amide bonds. The maximum Gasteiger partial charge on any atom is 0.251 e. The molecule has 2 N–H and O–H groups in total. The molecule has 0 unspecified atom stereocenters. The molecule has 3 nitrogen and oxygen atoms in total. The fraction of sp³-hybridized carbons (Fsp3) is 0.235. The van der Waals surface area contributed by atoms with Crippen LogP contribution in [-0.4, -0.2) is 17.6 Å². The van der Waals surface area contributed by atoms with Crippen LogP contribution in [0.4, 0.5) is 0 Å². The van der Waals surface area contributed by atoms with Gasteiger partial charge in [-0.15, -0.1) is 0 Å². The van der Waals surface area contributed by atoms with Crippen LogP contribution in [0.1, 0.15) is 28.4 Å². The molecular weight excluding hydrogens is 250 g/mol. The Labute approximate surface area is 119 Å². The number of phenolic OH excluding ortho intramolecular Hbond substituents is 1. The van der Waals surface area contributed by atoms with Gasteiger partial charge >= 0.3 is 0 Å². The molecule has 104 valence electrons. The maximum absolute atomic E-state index is 12.1. The van der Waals surface area contributed by atoms with E-state index in [1.165, 1.54) is 0 Å². The van der Waals surface area contributed by atoms with Gasteiger partial charge in [-0.1, -0.05) is 37.3 Å². The molecule has 0 saturated carbocycles. The fourth-order valence-electron chi connectivity index (χ4n) is 2.13. The number of carbonyl (C=O) groups excluding carboxylic acids is 1. The van der Waals surface area contributed by atoms with Crippen molar-refractivity contribution in [2.24, 2.45) is 0 Å². The second-order valence-corrected chi connectivity index (χ2v) is 4.68. The third kappa shape index (κ3) is 3.60. The highest BCUT2D eigenvalue weighted by atomic mass is 16.3. The molecule has 0 aliphatic carbocycles. The minimum atomic E-state index is -0.0266.